The Bertz CT molecular complexity index is 455. The molecule has 1 saturated heterocycles. The Morgan fingerprint density at radius 3 is 3.18 bits per heavy atom. The molecule has 0 saturated carbocycles. The van der Waals surface area contributed by atoms with Crippen LogP contribution in [0.3, 0.4) is 0 Å². The lowest BCUT2D eigenvalue weighted by Gasteiger charge is -2.15. The van der Waals surface area contributed by atoms with Crippen molar-refractivity contribution in [2.75, 3.05) is 26.7 Å². The first-order chi connectivity index (χ1) is 8.22. The number of likely N-dealkylation sites (tertiary alicyclic amines) is 1. The predicted molar refractivity (Wildman–Crippen MR) is 65.0 cm³/mol. The highest BCUT2D eigenvalue weighted by atomic mass is 16.2. The van der Waals surface area contributed by atoms with Crippen LogP contribution in [0.1, 0.15) is 16.8 Å². The Labute approximate surface area is 99.8 Å². The normalized spacial score (nSPS) is 19.6. The smallest absolute Gasteiger partial charge is 0.259 e. The molecule has 2 N–H and O–H groups in total. The Morgan fingerprint density at radius 2 is 2.47 bits per heavy atom. The minimum atomic E-state index is -0.217. The zero-order valence-electron chi connectivity index (χ0n) is 9.90. The molecule has 0 aromatic carbocycles. The highest BCUT2D eigenvalue weighted by molar-refractivity contribution is 5.93. The van der Waals surface area contributed by atoms with E-state index < -0.39 is 0 Å². The van der Waals surface area contributed by atoms with Crippen LogP contribution in [-0.2, 0) is 0 Å². The van der Waals surface area contributed by atoms with Gasteiger partial charge in [-0.1, -0.05) is 0 Å². The maximum absolute atomic E-state index is 12.1. The summed E-state index contributed by atoms with van der Waals surface area (Å²) < 4.78 is 0. The van der Waals surface area contributed by atoms with Gasteiger partial charge in [0.05, 0.1) is 0 Å². The molecule has 0 bridgehead atoms. The minimum absolute atomic E-state index is 0.162. The molecule has 1 aromatic rings. The van der Waals surface area contributed by atoms with Crippen LogP contribution in [0.15, 0.2) is 23.3 Å². The summed E-state index contributed by atoms with van der Waals surface area (Å²) in [5.41, 5.74) is 0.0171. The van der Waals surface area contributed by atoms with Crippen molar-refractivity contribution in [3.8, 4) is 0 Å². The summed E-state index contributed by atoms with van der Waals surface area (Å²) in [6.07, 6.45) is 4.01. The lowest BCUT2D eigenvalue weighted by molar-refractivity contribution is 0.0785. The zero-order chi connectivity index (χ0) is 12.3. The number of pyridine rings is 1. The number of hydrogen-bond acceptors (Lipinski definition) is 3. The number of rotatable bonds is 3. The molecule has 2 rings (SSSR count). The van der Waals surface area contributed by atoms with Crippen LogP contribution in [0.2, 0.25) is 0 Å². The van der Waals surface area contributed by atoms with Gasteiger partial charge in [-0.3, -0.25) is 9.59 Å². The standard InChI is InChI=1S/C12H17N3O2/c1-13-6-9-3-5-15(8-9)12(17)10-7-14-4-2-11(10)16/h2,4,7,9,13H,3,5-6,8H2,1H3,(H,14,16). The number of carbonyl (C=O) groups excluding carboxylic acids is 1. The third-order valence-electron chi connectivity index (χ3n) is 3.12. The molecule has 5 heteroatoms. The maximum atomic E-state index is 12.1. The van der Waals surface area contributed by atoms with Crippen molar-refractivity contribution in [3.05, 3.63) is 34.2 Å². The van der Waals surface area contributed by atoms with E-state index in [-0.39, 0.29) is 16.9 Å². The Hall–Kier alpha value is -1.62. The minimum Gasteiger partial charge on any atom is -0.367 e. The third-order valence-corrected chi connectivity index (χ3v) is 3.12. The van der Waals surface area contributed by atoms with Crippen molar-refractivity contribution in [3.63, 3.8) is 0 Å². The van der Waals surface area contributed by atoms with Gasteiger partial charge < -0.3 is 15.2 Å². The zero-order valence-corrected chi connectivity index (χ0v) is 9.90. The van der Waals surface area contributed by atoms with Gasteiger partial charge in [0.15, 0.2) is 5.43 Å². The first-order valence-electron chi connectivity index (χ1n) is 5.83. The number of nitrogens with zero attached hydrogens (tertiary/aromatic N) is 1. The number of carbonyl (C=O) groups is 1. The van der Waals surface area contributed by atoms with Gasteiger partial charge in [0, 0.05) is 31.5 Å². The fourth-order valence-corrected chi connectivity index (χ4v) is 2.23. The van der Waals surface area contributed by atoms with E-state index in [0.717, 1.165) is 26.1 Å². The van der Waals surface area contributed by atoms with Crippen LogP contribution in [-0.4, -0.2) is 42.5 Å². The van der Waals surface area contributed by atoms with E-state index in [0.29, 0.717) is 5.92 Å². The Balaban J connectivity index is 2.07. The molecule has 1 fully saturated rings. The monoisotopic (exact) mass is 235 g/mol. The van der Waals surface area contributed by atoms with Crippen molar-refractivity contribution < 1.29 is 4.79 Å². The van der Waals surface area contributed by atoms with Crippen LogP contribution in [0.5, 0.6) is 0 Å². The molecule has 1 unspecified atom stereocenters. The summed E-state index contributed by atoms with van der Waals surface area (Å²) >= 11 is 0. The van der Waals surface area contributed by atoms with Crippen molar-refractivity contribution in [2.45, 2.75) is 6.42 Å². The van der Waals surface area contributed by atoms with Crippen molar-refractivity contribution >= 4 is 5.91 Å². The van der Waals surface area contributed by atoms with E-state index in [4.69, 9.17) is 0 Å². The van der Waals surface area contributed by atoms with Crippen LogP contribution in [0.25, 0.3) is 0 Å². The van der Waals surface area contributed by atoms with Crippen molar-refractivity contribution in [2.24, 2.45) is 5.92 Å². The lowest BCUT2D eigenvalue weighted by Crippen LogP contribution is -2.33. The Morgan fingerprint density at radius 1 is 1.65 bits per heavy atom. The quantitative estimate of drug-likeness (QED) is 0.778. The number of aromatic amines is 1. The van der Waals surface area contributed by atoms with Gasteiger partial charge in [0.25, 0.3) is 5.91 Å². The van der Waals surface area contributed by atoms with E-state index >= 15 is 0 Å². The van der Waals surface area contributed by atoms with Crippen LogP contribution in [0, 0.1) is 5.92 Å². The summed E-state index contributed by atoms with van der Waals surface area (Å²) in [6.45, 7) is 2.38. The molecule has 1 aliphatic rings. The van der Waals surface area contributed by atoms with Crippen LogP contribution in [0.4, 0.5) is 0 Å². The molecule has 1 aliphatic heterocycles. The fraction of sp³-hybridized carbons (Fsp3) is 0.500. The first-order valence-corrected chi connectivity index (χ1v) is 5.83. The molecule has 1 amide bonds. The van der Waals surface area contributed by atoms with Gasteiger partial charge in [0.2, 0.25) is 0 Å². The van der Waals surface area contributed by atoms with Gasteiger partial charge in [-0.15, -0.1) is 0 Å². The highest BCUT2D eigenvalue weighted by Gasteiger charge is 2.27. The van der Waals surface area contributed by atoms with Crippen LogP contribution < -0.4 is 10.7 Å². The first kappa shape index (κ1) is 11.9. The molecule has 17 heavy (non-hydrogen) atoms. The Kier molecular flexibility index (Phi) is 3.58. The summed E-state index contributed by atoms with van der Waals surface area (Å²) in [5, 5.41) is 3.11. The largest absolute Gasteiger partial charge is 0.367 e. The van der Waals surface area contributed by atoms with Gasteiger partial charge in [-0.2, -0.15) is 0 Å². The topological polar surface area (TPSA) is 65.2 Å². The summed E-state index contributed by atoms with van der Waals surface area (Å²) in [5.74, 6) is 0.331. The molecule has 1 atom stereocenters. The van der Waals surface area contributed by atoms with E-state index in [1.54, 1.807) is 4.90 Å². The average molecular weight is 235 g/mol. The van der Waals surface area contributed by atoms with Crippen molar-refractivity contribution in [1.82, 2.24) is 15.2 Å². The van der Waals surface area contributed by atoms with Crippen LogP contribution >= 0.6 is 0 Å². The van der Waals surface area contributed by atoms with Gasteiger partial charge in [-0.05, 0) is 25.9 Å². The second-order valence-corrected chi connectivity index (χ2v) is 4.39. The maximum Gasteiger partial charge on any atom is 0.259 e. The van der Waals surface area contributed by atoms with Gasteiger partial charge >= 0.3 is 0 Å². The number of hydrogen-bond donors (Lipinski definition) is 2. The molecule has 0 aliphatic carbocycles. The molecule has 2 heterocycles. The number of aromatic nitrogens is 1. The lowest BCUT2D eigenvalue weighted by atomic mass is 10.1. The summed E-state index contributed by atoms with van der Waals surface area (Å²) in [7, 11) is 1.91. The summed E-state index contributed by atoms with van der Waals surface area (Å²) in [4.78, 5) is 28.2. The molecule has 92 valence electrons. The second-order valence-electron chi connectivity index (χ2n) is 4.39. The molecular weight excluding hydrogens is 218 g/mol. The number of amides is 1. The van der Waals surface area contributed by atoms with E-state index in [2.05, 4.69) is 10.3 Å². The predicted octanol–water partition coefficient (Wildman–Crippen LogP) is 0.0564. The number of nitrogens with one attached hydrogen (secondary N) is 2. The van der Waals surface area contributed by atoms with E-state index in [1.807, 2.05) is 7.05 Å². The van der Waals surface area contributed by atoms with Crippen molar-refractivity contribution in [1.29, 1.82) is 0 Å². The van der Waals surface area contributed by atoms with Gasteiger partial charge in [-0.25, -0.2) is 0 Å². The fourth-order valence-electron chi connectivity index (χ4n) is 2.23. The molecule has 1 aromatic heterocycles. The van der Waals surface area contributed by atoms with E-state index in [9.17, 15) is 9.59 Å². The summed E-state index contributed by atoms with van der Waals surface area (Å²) in [6, 6.07) is 1.38. The number of H-pyrrole nitrogens is 1. The van der Waals surface area contributed by atoms with E-state index in [1.165, 1.54) is 18.5 Å². The van der Waals surface area contributed by atoms with Gasteiger partial charge in [0.1, 0.15) is 5.56 Å². The molecular formula is C12H17N3O2. The second kappa shape index (κ2) is 5.14. The SMILES string of the molecule is CNCC1CCN(C(=O)c2c[nH]ccc2=O)C1. The third kappa shape index (κ3) is 2.55. The molecule has 5 nitrogen and oxygen atoms in total. The molecule has 0 spiro atoms. The highest BCUT2D eigenvalue weighted by Crippen LogP contribution is 2.16. The molecule has 0 radical (unpaired) electrons. The average Bonchev–Trinajstić information content (AvgIpc) is 2.78.